The highest BCUT2D eigenvalue weighted by Gasteiger charge is 2.23. The average Bonchev–Trinajstić information content (AvgIpc) is 3.10. The summed E-state index contributed by atoms with van der Waals surface area (Å²) in [6.45, 7) is 6.39. The predicted molar refractivity (Wildman–Crippen MR) is 67.5 cm³/mol. The third-order valence-corrected chi connectivity index (χ3v) is 3.16. The highest BCUT2D eigenvalue weighted by Crippen LogP contribution is 2.31. The molecule has 1 aliphatic rings. The van der Waals surface area contributed by atoms with Crippen molar-refractivity contribution in [3.05, 3.63) is 24.0 Å². The van der Waals surface area contributed by atoms with Gasteiger partial charge in [0, 0.05) is 19.1 Å². The van der Waals surface area contributed by atoms with Gasteiger partial charge in [-0.3, -0.25) is 4.98 Å². The first kappa shape index (κ1) is 11.4. The molecule has 1 aliphatic carbocycles. The van der Waals surface area contributed by atoms with E-state index in [9.17, 15) is 0 Å². The SMILES string of the molecule is CCN(CC1CC1)c1ccc(C(C)N)nc1. The van der Waals surface area contributed by atoms with E-state index in [0.717, 1.165) is 18.2 Å². The number of hydrogen-bond donors (Lipinski definition) is 1. The molecule has 0 amide bonds. The highest BCUT2D eigenvalue weighted by atomic mass is 15.1. The van der Waals surface area contributed by atoms with Crippen molar-refractivity contribution in [2.75, 3.05) is 18.0 Å². The average molecular weight is 219 g/mol. The number of pyridine rings is 1. The maximum atomic E-state index is 5.79. The summed E-state index contributed by atoms with van der Waals surface area (Å²) < 4.78 is 0. The van der Waals surface area contributed by atoms with Gasteiger partial charge in [-0.05, 0) is 44.7 Å². The molecule has 1 atom stereocenters. The summed E-state index contributed by atoms with van der Waals surface area (Å²) in [4.78, 5) is 6.81. The molecular weight excluding hydrogens is 198 g/mol. The summed E-state index contributed by atoms with van der Waals surface area (Å²) in [6, 6.07) is 4.19. The zero-order chi connectivity index (χ0) is 11.5. The second-order valence-corrected chi connectivity index (χ2v) is 4.71. The standard InChI is InChI=1S/C13H21N3/c1-3-16(9-11-4-5-11)12-6-7-13(10(2)14)15-8-12/h6-8,10-11H,3-5,9,14H2,1-2H3. The number of nitrogens with two attached hydrogens (primary N) is 1. The van der Waals surface area contributed by atoms with Gasteiger partial charge in [0.05, 0.1) is 17.6 Å². The van der Waals surface area contributed by atoms with Crippen molar-refractivity contribution in [3.8, 4) is 0 Å². The lowest BCUT2D eigenvalue weighted by Gasteiger charge is -2.22. The van der Waals surface area contributed by atoms with Crippen LogP contribution in [-0.4, -0.2) is 18.1 Å². The third-order valence-electron chi connectivity index (χ3n) is 3.16. The molecule has 16 heavy (non-hydrogen) atoms. The molecule has 0 aromatic carbocycles. The van der Waals surface area contributed by atoms with Crippen LogP contribution in [0.25, 0.3) is 0 Å². The first-order chi connectivity index (χ1) is 7.70. The molecule has 1 heterocycles. The molecule has 1 fully saturated rings. The quantitative estimate of drug-likeness (QED) is 0.826. The fourth-order valence-corrected chi connectivity index (χ4v) is 1.88. The maximum absolute atomic E-state index is 5.79. The van der Waals surface area contributed by atoms with Crippen LogP contribution in [0.15, 0.2) is 18.3 Å². The minimum atomic E-state index is 0.0209. The predicted octanol–water partition coefficient (Wildman–Crippen LogP) is 2.34. The van der Waals surface area contributed by atoms with Crippen LogP contribution in [0.4, 0.5) is 5.69 Å². The van der Waals surface area contributed by atoms with Crippen molar-refractivity contribution in [1.29, 1.82) is 0 Å². The Morgan fingerprint density at radius 3 is 2.69 bits per heavy atom. The number of aromatic nitrogens is 1. The second kappa shape index (κ2) is 4.83. The molecule has 1 saturated carbocycles. The van der Waals surface area contributed by atoms with Gasteiger partial charge in [-0.1, -0.05) is 0 Å². The maximum Gasteiger partial charge on any atom is 0.0569 e. The van der Waals surface area contributed by atoms with E-state index in [1.54, 1.807) is 0 Å². The van der Waals surface area contributed by atoms with Crippen LogP contribution in [0.2, 0.25) is 0 Å². The van der Waals surface area contributed by atoms with Crippen molar-refractivity contribution in [3.63, 3.8) is 0 Å². The molecule has 3 nitrogen and oxygen atoms in total. The van der Waals surface area contributed by atoms with Crippen LogP contribution in [0.1, 0.15) is 38.4 Å². The van der Waals surface area contributed by atoms with E-state index < -0.39 is 0 Å². The third kappa shape index (κ3) is 2.73. The Hall–Kier alpha value is -1.09. The van der Waals surface area contributed by atoms with E-state index in [1.165, 1.54) is 25.1 Å². The summed E-state index contributed by atoms with van der Waals surface area (Å²) in [5.74, 6) is 0.910. The zero-order valence-corrected chi connectivity index (χ0v) is 10.2. The Kier molecular flexibility index (Phi) is 3.44. The number of nitrogens with zero attached hydrogens (tertiary/aromatic N) is 2. The van der Waals surface area contributed by atoms with Gasteiger partial charge in [0.2, 0.25) is 0 Å². The van der Waals surface area contributed by atoms with Gasteiger partial charge >= 0.3 is 0 Å². The Labute approximate surface area is 97.7 Å². The fourth-order valence-electron chi connectivity index (χ4n) is 1.88. The van der Waals surface area contributed by atoms with Crippen LogP contribution in [0.5, 0.6) is 0 Å². The molecule has 0 saturated heterocycles. The second-order valence-electron chi connectivity index (χ2n) is 4.71. The molecule has 2 rings (SSSR count). The van der Waals surface area contributed by atoms with Crippen molar-refractivity contribution >= 4 is 5.69 Å². The number of anilines is 1. The van der Waals surface area contributed by atoms with E-state index >= 15 is 0 Å². The molecule has 0 spiro atoms. The Bertz CT molecular complexity index is 328. The van der Waals surface area contributed by atoms with Crippen LogP contribution >= 0.6 is 0 Å². The van der Waals surface area contributed by atoms with Crippen molar-refractivity contribution in [2.45, 2.75) is 32.7 Å². The van der Waals surface area contributed by atoms with Crippen LogP contribution < -0.4 is 10.6 Å². The molecule has 1 unspecified atom stereocenters. The van der Waals surface area contributed by atoms with E-state index in [-0.39, 0.29) is 6.04 Å². The molecule has 3 heteroatoms. The lowest BCUT2D eigenvalue weighted by Crippen LogP contribution is -2.25. The normalized spacial score (nSPS) is 17.2. The van der Waals surface area contributed by atoms with Crippen molar-refractivity contribution < 1.29 is 0 Å². The Morgan fingerprint density at radius 1 is 1.50 bits per heavy atom. The van der Waals surface area contributed by atoms with Gasteiger partial charge in [0.1, 0.15) is 0 Å². The Balaban J connectivity index is 2.05. The summed E-state index contributed by atoms with van der Waals surface area (Å²) in [7, 11) is 0. The molecule has 88 valence electrons. The summed E-state index contributed by atoms with van der Waals surface area (Å²) in [5, 5.41) is 0. The first-order valence-corrected chi connectivity index (χ1v) is 6.17. The number of hydrogen-bond acceptors (Lipinski definition) is 3. The van der Waals surface area contributed by atoms with Crippen LogP contribution in [0, 0.1) is 5.92 Å². The van der Waals surface area contributed by atoms with Gasteiger partial charge < -0.3 is 10.6 Å². The topological polar surface area (TPSA) is 42.1 Å². The van der Waals surface area contributed by atoms with Gasteiger partial charge in [0.25, 0.3) is 0 Å². The van der Waals surface area contributed by atoms with E-state index in [4.69, 9.17) is 5.73 Å². The smallest absolute Gasteiger partial charge is 0.0569 e. The minimum Gasteiger partial charge on any atom is -0.370 e. The highest BCUT2D eigenvalue weighted by molar-refractivity contribution is 5.44. The van der Waals surface area contributed by atoms with Crippen molar-refractivity contribution in [1.82, 2.24) is 4.98 Å². The summed E-state index contributed by atoms with van der Waals surface area (Å²) in [5.41, 5.74) is 7.97. The van der Waals surface area contributed by atoms with Gasteiger partial charge in [-0.2, -0.15) is 0 Å². The Morgan fingerprint density at radius 2 is 2.25 bits per heavy atom. The molecule has 0 aliphatic heterocycles. The van der Waals surface area contributed by atoms with E-state index in [1.807, 2.05) is 19.2 Å². The molecule has 0 bridgehead atoms. The lowest BCUT2D eigenvalue weighted by molar-refractivity contribution is 0.735. The van der Waals surface area contributed by atoms with Gasteiger partial charge in [-0.15, -0.1) is 0 Å². The van der Waals surface area contributed by atoms with Crippen LogP contribution in [-0.2, 0) is 0 Å². The van der Waals surface area contributed by atoms with Crippen molar-refractivity contribution in [2.24, 2.45) is 11.7 Å². The number of rotatable bonds is 5. The van der Waals surface area contributed by atoms with Gasteiger partial charge in [0.15, 0.2) is 0 Å². The van der Waals surface area contributed by atoms with Gasteiger partial charge in [-0.25, -0.2) is 0 Å². The fraction of sp³-hybridized carbons (Fsp3) is 0.615. The molecule has 0 radical (unpaired) electrons. The minimum absolute atomic E-state index is 0.0209. The molecule has 1 aromatic heterocycles. The molecular formula is C13H21N3. The van der Waals surface area contributed by atoms with E-state index in [2.05, 4.69) is 22.9 Å². The molecule has 1 aromatic rings. The lowest BCUT2D eigenvalue weighted by atomic mass is 10.2. The van der Waals surface area contributed by atoms with E-state index in [0.29, 0.717) is 0 Å². The first-order valence-electron chi connectivity index (χ1n) is 6.17. The summed E-state index contributed by atoms with van der Waals surface area (Å²) in [6.07, 6.45) is 4.73. The monoisotopic (exact) mass is 219 g/mol. The summed E-state index contributed by atoms with van der Waals surface area (Å²) >= 11 is 0. The zero-order valence-electron chi connectivity index (χ0n) is 10.2. The molecule has 2 N–H and O–H groups in total. The largest absolute Gasteiger partial charge is 0.370 e. The van der Waals surface area contributed by atoms with Crippen LogP contribution in [0.3, 0.4) is 0 Å².